The number of likely N-dealkylation sites (N-methyl/N-ethyl adjacent to an activating group) is 1. The minimum absolute atomic E-state index is 0.860. The second-order valence-corrected chi connectivity index (χ2v) is 7.75. The molecule has 5 heteroatoms. The van der Waals surface area contributed by atoms with E-state index in [1.807, 2.05) is 6.07 Å². The van der Waals surface area contributed by atoms with Crippen molar-refractivity contribution in [2.45, 2.75) is 25.9 Å². The Hall–Kier alpha value is -1.56. The van der Waals surface area contributed by atoms with E-state index in [1.54, 1.807) is 0 Å². The van der Waals surface area contributed by atoms with E-state index in [4.69, 9.17) is 5.73 Å². The van der Waals surface area contributed by atoms with Gasteiger partial charge in [-0.2, -0.15) is 0 Å². The maximum Gasteiger partial charge on any atom is 0.0504 e. The van der Waals surface area contributed by atoms with Crippen LogP contribution in [0, 0.1) is 0 Å². The van der Waals surface area contributed by atoms with Crippen LogP contribution in [0.5, 0.6) is 0 Å². The first-order chi connectivity index (χ1) is 12.2. The van der Waals surface area contributed by atoms with Gasteiger partial charge in [-0.15, -0.1) is 0 Å². The highest BCUT2D eigenvalue weighted by atomic mass is 15.2. The summed E-state index contributed by atoms with van der Waals surface area (Å²) in [6.45, 7) is 10.4. The van der Waals surface area contributed by atoms with Gasteiger partial charge in [0.1, 0.15) is 0 Å². The van der Waals surface area contributed by atoms with Crippen LogP contribution in [-0.4, -0.2) is 72.1 Å². The Bertz CT molecular complexity index is 708. The van der Waals surface area contributed by atoms with Crippen molar-refractivity contribution in [2.75, 3.05) is 58.6 Å². The van der Waals surface area contributed by atoms with Crippen LogP contribution in [0.25, 0.3) is 10.9 Å². The maximum absolute atomic E-state index is 6.08. The van der Waals surface area contributed by atoms with Gasteiger partial charge < -0.3 is 20.1 Å². The van der Waals surface area contributed by atoms with Crippen LogP contribution in [0.4, 0.5) is 5.69 Å². The minimum Gasteiger partial charge on any atom is -0.399 e. The fraction of sp³-hybridized carbons (Fsp3) is 0.600. The van der Waals surface area contributed by atoms with Crippen molar-refractivity contribution in [1.29, 1.82) is 0 Å². The molecular formula is C20H31N5. The Balaban J connectivity index is 1.53. The van der Waals surface area contributed by atoms with E-state index in [-0.39, 0.29) is 0 Å². The summed E-state index contributed by atoms with van der Waals surface area (Å²) in [7, 11) is 2.21. The Morgan fingerprint density at radius 3 is 2.44 bits per heavy atom. The summed E-state index contributed by atoms with van der Waals surface area (Å²) in [5.41, 5.74) is 9.68. The SMILES string of the molecule is CN1CCN(Cc2cn(CCN3CCCC3)c3cc(N)ccc23)CC1. The number of benzene rings is 1. The molecule has 2 N–H and O–H groups in total. The molecule has 4 rings (SSSR count). The quantitative estimate of drug-likeness (QED) is 0.845. The predicted molar refractivity (Wildman–Crippen MR) is 105 cm³/mol. The lowest BCUT2D eigenvalue weighted by atomic mass is 10.1. The number of hydrogen-bond donors (Lipinski definition) is 1. The lowest BCUT2D eigenvalue weighted by Gasteiger charge is -2.32. The molecule has 2 aliphatic rings. The second-order valence-electron chi connectivity index (χ2n) is 7.75. The number of rotatable bonds is 5. The fourth-order valence-electron chi connectivity index (χ4n) is 4.20. The molecule has 2 aromatic rings. The monoisotopic (exact) mass is 341 g/mol. The third-order valence-electron chi connectivity index (χ3n) is 5.83. The van der Waals surface area contributed by atoms with Gasteiger partial charge in [-0.25, -0.2) is 0 Å². The summed E-state index contributed by atoms with van der Waals surface area (Å²) >= 11 is 0. The van der Waals surface area contributed by atoms with Gasteiger partial charge in [-0.1, -0.05) is 6.07 Å². The molecule has 0 bridgehead atoms. The number of nitrogen functional groups attached to an aromatic ring is 1. The molecule has 0 amide bonds. The number of aromatic nitrogens is 1. The van der Waals surface area contributed by atoms with E-state index >= 15 is 0 Å². The zero-order valence-electron chi connectivity index (χ0n) is 15.5. The van der Waals surface area contributed by atoms with Crippen LogP contribution in [-0.2, 0) is 13.1 Å². The van der Waals surface area contributed by atoms with Crippen molar-refractivity contribution in [3.05, 3.63) is 30.0 Å². The molecule has 0 aliphatic carbocycles. The highest BCUT2D eigenvalue weighted by Gasteiger charge is 2.17. The van der Waals surface area contributed by atoms with E-state index in [0.717, 1.165) is 38.4 Å². The number of nitrogens with zero attached hydrogens (tertiary/aromatic N) is 4. The number of hydrogen-bond acceptors (Lipinski definition) is 4. The van der Waals surface area contributed by atoms with Crippen LogP contribution in [0.2, 0.25) is 0 Å². The number of nitrogens with two attached hydrogens (primary N) is 1. The Kier molecular flexibility index (Phi) is 4.97. The second kappa shape index (κ2) is 7.36. The predicted octanol–water partition coefficient (Wildman–Crippen LogP) is 2.07. The summed E-state index contributed by atoms with van der Waals surface area (Å²) in [6.07, 6.45) is 5.08. The summed E-state index contributed by atoms with van der Waals surface area (Å²) in [5.74, 6) is 0. The molecule has 2 aliphatic heterocycles. The molecule has 1 aromatic carbocycles. The largest absolute Gasteiger partial charge is 0.399 e. The van der Waals surface area contributed by atoms with Crippen LogP contribution >= 0.6 is 0 Å². The number of piperazine rings is 1. The number of fused-ring (bicyclic) bond motifs is 1. The van der Waals surface area contributed by atoms with Gasteiger partial charge in [-0.3, -0.25) is 4.90 Å². The van der Waals surface area contributed by atoms with Gasteiger partial charge in [0.2, 0.25) is 0 Å². The summed E-state index contributed by atoms with van der Waals surface area (Å²) in [6, 6.07) is 6.40. The topological polar surface area (TPSA) is 40.7 Å². The molecule has 1 aromatic heterocycles. The Morgan fingerprint density at radius 1 is 0.920 bits per heavy atom. The van der Waals surface area contributed by atoms with E-state index in [2.05, 4.69) is 44.6 Å². The molecule has 2 saturated heterocycles. The summed E-state index contributed by atoms with van der Waals surface area (Å²) in [5, 5.41) is 1.37. The van der Waals surface area contributed by atoms with Gasteiger partial charge >= 0.3 is 0 Å². The van der Waals surface area contributed by atoms with Crippen molar-refractivity contribution in [2.24, 2.45) is 0 Å². The summed E-state index contributed by atoms with van der Waals surface area (Å²) < 4.78 is 2.43. The van der Waals surface area contributed by atoms with Gasteiger partial charge in [-0.05, 0) is 50.7 Å². The average molecular weight is 342 g/mol. The highest BCUT2D eigenvalue weighted by Crippen LogP contribution is 2.25. The highest BCUT2D eigenvalue weighted by molar-refractivity contribution is 5.86. The first-order valence-electron chi connectivity index (χ1n) is 9.69. The maximum atomic E-state index is 6.08. The zero-order valence-corrected chi connectivity index (χ0v) is 15.5. The molecule has 0 atom stereocenters. The molecular weight excluding hydrogens is 310 g/mol. The third kappa shape index (κ3) is 3.84. The molecule has 3 heterocycles. The van der Waals surface area contributed by atoms with E-state index in [9.17, 15) is 0 Å². The first-order valence-corrected chi connectivity index (χ1v) is 9.69. The van der Waals surface area contributed by atoms with Crippen LogP contribution in [0.3, 0.4) is 0 Å². The normalized spacial score (nSPS) is 20.7. The van der Waals surface area contributed by atoms with Gasteiger partial charge in [0.15, 0.2) is 0 Å². The zero-order chi connectivity index (χ0) is 17.2. The lowest BCUT2D eigenvalue weighted by Crippen LogP contribution is -2.43. The molecule has 0 spiro atoms. The van der Waals surface area contributed by atoms with Gasteiger partial charge in [0, 0.05) is 63.1 Å². The van der Waals surface area contributed by atoms with Crippen molar-refractivity contribution in [3.63, 3.8) is 0 Å². The standard InChI is InChI=1S/C20H31N5/c1-22-8-10-24(11-9-22)15-17-16-25(13-12-23-6-2-3-7-23)20-14-18(21)4-5-19(17)20/h4-5,14,16H,2-3,6-13,15,21H2,1H3. The van der Waals surface area contributed by atoms with Gasteiger partial charge in [0.25, 0.3) is 0 Å². The summed E-state index contributed by atoms with van der Waals surface area (Å²) in [4.78, 5) is 7.57. The van der Waals surface area contributed by atoms with E-state index < -0.39 is 0 Å². The molecule has 2 fully saturated rings. The average Bonchev–Trinajstić information content (AvgIpc) is 3.23. The smallest absolute Gasteiger partial charge is 0.0504 e. The van der Waals surface area contributed by atoms with Crippen molar-refractivity contribution >= 4 is 16.6 Å². The lowest BCUT2D eigenvalue weighted by molar-refractivity contribution is 0.148. The molecule has 0 saturated carbocycles. The van der Waals surface area contributed by atoms with Gasteiger partial charge in [0.05, 0.1) is 5.52 Å². The molecule has 5 nitrogen and oxygen atoms in total. The van der Waals surface area contributed by atoms with E-state index in [0.29, 0.717) is 0 Å². The Morgan fingerprint density at radius 2 is 1.68 bits per heavy atom. The van der Waals surface area contributed by atoms with Crippen molar-refractivity contribution in [1.82, 2.24) is 19.3 Å². The van der Waals surface area contributed by atoms with E-state index in [1.165, 1.54) is 55.5 Å². The fourth-order valence-corrected chi connectivity index (χ4v) is 4.20. The molecule has 0 radical (unpaired) electrons. The molecule has 136 valence electrons. The molecule has 0 unspecified atom stereocenters. The van der Waals surface area contributed by atoms with Crippen LogP contribution in [0.1, 0.15) is 18.4 Å². The Labute approximate surface area is 151 Å². The van der Waals surface area contributed by atoms with Crippen molar-refractivity contribution < 1.29 is 0 Å². The number of anilines is 1. The van der Waals surface area contributed by atoms with Crippen molar-refractivity contribution in [3.8, 4) is 0 Å². The molecule has 25 heavy (non-hydrogen) atoms. The van der Waals surface area contributed by atoms with Crippen LogP contribution < -0.4 is 5.73 Å². The number of likely N-dealkylation sites (tertiary alicyclic amines) is 1. The van der Waals surface area contributed by atoms with Crippen LogP contribution in [0.15, 0.2) is 24.4 Å². The minimum atomic E-state index is 0.860. The third-order valence-corrected chi connectivity index (χ3v) is 5.83. The first kappa shape index (κ1) is 16.9.